The van der Waals surface area contributed by atoms with Crippen LogP contribution in [0.1, 0.15) is 60.0 Å². The normalized spacial score (nSPS) is 15.6. The number of aromatic amines is 1. The Hall–Kier alpha value is -2.82. The Kier molecular flexibility index (Phi) is 4.60. The molecule has 3 heterocycles. The zero-order valence-corrected chi connectivity index (χ0v) is 15.8. The lowest BCUT2D eigenvalue weighted by Crippen LogP contribution is -2.37. The van der Waals surface area contributed by atoms with Crippen molar-refractivity contribution in [3.05, 3.63) is 59.4 Å². The van der Waals surface area contributed by atoms with Crippen LogP contribution in [-0.2, 0) is 0 Å². The first-order valence-corrected chi connectivity index (χ1v) is 9.58. The summed E-state index contributed by atoms with van der Waals surface area (Å²) in [5, 5.41) is 11.5. The molecule has 0 unspecified atom stereocenters. The van der Waals surface area contributed by atoms with Crippen LogP contribution in [0.4, 0.5) is 0 Å². The molecule has 27 heavy (non-hydrogen) atoms. The number of likely N-dealkylation sites (tertiary alicyclic amines) is 1. The first kappa shape index (κ1) is 17.6. The third kappa shape index (κ3) is 3.29. The van der Waals surface area contributed by atoms with E-state index >= 15 is 0 Å². The molecule has 0 spiro atoms. The van der Waals surface area contributed by atoms with Crippen LogP contribution in [-0.4, -0.2) is 39.0 Å². The van der Waals surface area contributed by atoms with Gasteiger partial charge in [0.15, 0.2) is 0 Å². The zero-order chi connectivity index (χ0) is 19.0. The van der Waals surface area contributed by atoms with E-state index in [0.717, 1.165) is 24.1 Å². The van der Waals surface area contributed by atoms with Crippen LogP contribution in [0.3, 0.4) is 0 Å². The maximum absolute atomic E-state index is 12.9. The maximum Gasteiger partial charge on any atom is 0.257 e. The summed E-state index contributed by atoms with van der Waals surface area (Å²) < 4.78 is 0. The average Bonchev–Trinajstić information content (AvgIpc) is 3.11. The number of aromatic nitrogens is 2. The van der Waals surface area contributed by atoms with E-state index in [9.17, 15) is 9.90 Å². The Labute approximate surface area is 159 Å². The van der Waals surface area contributed by atoms with Crippen LogP contribution < -0.4 is 0 Å². The third-order valence-corrected chi connectivity index (χ3v) is 5.62. The molecule has 5 nitrogen and oxygen atoms in total. The number of fused-ring (bicyclic) bond motifs is 1. The minimum absolute atomic E-state index is 0.0797. The number of H-pyrrole nitrogens is 1. The van der Waals surface area contributed by atoms with Crippen molar-refractivity contribution in [1.82, 2.24) is 14.9 Å². The van der Waals surface area contributed by atoms with Crippen molar-refractivity contribution in [2.45, 2.75) is 38.5 Å². The highest BCUT2D eigenvalue weighted by molar-refractivity contribution is 5.97. The average molecular weight is 363 g/mol. The Balaban J connectivity index is 1.47. The Bertz CT molecular complexity index is 969. The van der Waals surface area contributed by atoms with E-state index in [1.165, 1.54) is 10.9 Å². The first-order valence-electron chi connectivity index (χ1n) is 9.58. The van der Waals surface area contributed by atoms with Gasteiger partial charge in [-0.3, -0.25) is 4.79 Å². The molecular formula is C22H25N3O2. The van der Waals surface area contributed by atoms with Crippen LogP contribution in [0.5, 0.6) is 5.75 Å². The zero-order valence-electron chi connectivity index (χ0n) is 15.8. The predicted molar refractivity (Wildman–Crippen MR) is 106 cm³/mol. The number of rotatable bonds is 3. The summed E-state index contributed by atoms with van der Waals surface area (Å²) >= 11 is 0. The van der Waals surface area contributed by atoms with E-state index in [2.05, 4.69) is 36.1 Å². The second-order valence-corrected chi connectivity index (χ2v) is 7.64. The third-order valence-electron chi connectivity index (χ3n) is 5.62. The highest BCUT2D eigenvalue weighted by Gasteiger charge is 2.27. The van der Waals surface area contributed by atoms with E-state index in [-0.39, 0.29) is 11.7 Å². The summed E-state index contributed by atoms with van der Waals surface area (Å²) in [6.45, 7) is 5.53. The number of pyridine rings is 1. The molecule has 0 radical (unpaired) electrons. The fraction of sp³-hybridized carbons (Fsp3) is 0.364. The van der Waals surface area contributed by atoms with Gasteiger partial charge in [0.25, 0.3) is 5.91 Å². The lowest BCUT2D eigenvalue weighted by atomic mass is 9.89. The Morgan fingerprint density at radius 1 is 1.26 bits per heavy atom. The summed E-state index contributed by atoms with van der Waals surface area (Å²) in [4.78, 5) is 22.3. The van der Waals surface area contributed by atoms with Gasteiger partial charge in [-0.2, -0.15) is 0 Å². The van der Waals surface area contributed by atoms with E-state index < -0.39 is 0 Å². The molecule has 0 bridgehead atoms. The highest BCUT2D eigenvalue weighted by atomic mass is 16.3. The fourth-order valence-corrected chi connectivity index (χ4v) is 3.97. The molecule has 0 saturated carbocycles. The molecular weight excluding hydrogens is 338 g/mol. The Morgan fingerprint density at radius 2 is 2.04 bits per heavy atom. The predicted octanol–water partition coefficient (Wildman–Crippen LogP) is 4.41. The molecule has 4 rings (SSSR count). The summed E-state index contributed by atoms with van der Waals surface area (Å²) in [5.74, 6) is 0.739. The van der Waals surface area contributed by atoms with Crippen LogP contribution in [0, 0.1) is 0 Å². The number of phenolic OH excluding ortho intramolecular Hbond substituents is 1. The highest BCUT2D eigenvalue weighted by Crippen LogP contribution is 2.33. The van der Waals surface area contributed by atoms with Gasteiger partial charge in [0.1, 0.15) is 11.4 Å². The molecule has 5 heteroatoms. The first-order chi connectivity index (χ1) is 13.0. The quantitative estimate of drug-likeness (QED) is 0.724. The smallest absolute Gasteiger partial charge is 0.257 e. The molecule has 1 saturated heterocycles. The SMILES string of the molecule is CC(C)c1ccc(C(=O)N2CCC(c3c[nH]c4ncccc34)CC2)c(O)c1. The number of benzene rings is 1. The molecule has 2 aromatic heterocycles. The maximum atomic E-state index is 12.9. The largest absolute Gasteiger partial charge is 0.507 e. The van der Waals surface area contributed by atoms with Gasteiger partial charge in [0, 0.05) is 30.9 Å². The van der Waals surface area contributed by atoms with E-state index in [1.54, 1.807) is 18.3 Å². The van der Waals surface area contributed by atoms with Crippen LogP contribution >= 0.6 is 0 Å². The molecule has 1 fully saturated rings. The fourth-order valence-electron chi connectivity index (χ4n) is 3.97. The number of aromatic hydroxyl groups is 1. The number of hydrogen-bond donors (Lipinski definition) is 2. The minimum atomic E-state index is -0.0816. The molecule has 2 N–H and O–H groups in total. The summed E-state index contributed by atoms with van der Waals surface area (Å²) in [7, 11) is 0. The lowest BCUT2D eigenvalue weighted by molar-refractivity contribution is 0.0710. The summed E-state index contributed by atoms with van der Waals surface area (Å²) in [5.41, 5.74) is 3.64. The minimum Gasteiger partial charge on any atom is -0.507 e. The molecule has 3 aromatic rings. The summed E-state index contributed by atoms with van der Waals surface area (Å²) in [6, 6.07) is 9.46. The molecule has 1 aromatic carbocycles. The monoisotopic (exact) mass is 363 g/mol. The number of hydrogen-bond acceptors (Lipinski definition) is 3. The van der Waals surface area contributed by atoms with E-state index in [1.807, 2.05) is 17.0 Å². The van der Waals surface area contributed by atoms with Gasteiger partial charge in [-0.1, -0.05) is 19.9 Å². The van der Waals surface area contributed by atoms with Gasteiger partial charge in [-0.05, 0) is 60.1 Å². The van der Waals surface area contributed by atoms with Gasteiger partial charge in [0.2, 0.25) is 0 Å². The number of amides is 1. The van der Waals surface area contributed by atoms with Crippen molar-refractivity contribution >= 4 is 16.9 Å². The second kappa shape index (κ2) is 7.06. The van der Waals surface area contributed by atoms with Crippen LogP contribution in [0.2, 0.25) is 0 Å². The number of carbonyl (C=O) groups excluding carboxylic acids is 1. The molecule has 1 aliphatic rings. The standard InChI is InChI=1S/C22H25N3O2/c1-14(2)16-5-6-18(20(26)12-16)22(27)25-10-7-15(8-11-25)19-13-24-21-17(19)4-3-9-23-21/h3-6,9,12-15,26H,7-8,10-11H2,1-2H3,(H,23,24). The van der Waals surface area contributed by atoms with Gasteiger partial charge < -0.3 is 15.0 Å². The number of phenols is 1. The number of nitrogens with one attached hydrogen (secondary N) is 1. The van der Waals surface area contributed by atoms with Gasteiger partial charge >= 0.3 is 0 Å². The number of piperidine rings is 1. The van der Waals surface area contributed by atoms with Gasteiger partial charge in [-0.25, -0.2) is 4.98 Å². The topological polar surface area (TPSA) is 69.2 Å². The van der Waals surface area contributed by atoms with Crippen molar-refractivity contribution in [1.29, 1.82) is 0 Å². The van der Waals surface area contributed by atoms with Gasteiger partial charge in [-0.15, -0.1) is 0 Å². The van der Waals surface area contributed by atoms with Crippen molar-refractivity contribution < 1.29 is 9.90 Å². The van der Waals surface area contributed by atoms with Gasteiger partial charge in [0.05, 0.1) is 5.56 Å². The summed E-state index contributed by atoms with van der Waals surface area (Å²) in [6.07, 6.45) is 5.67. The lowest BCUT2D eigenvalue weighted by Gasteiger charge is -2.32. The molecule has 0 aliphatic carbocycles. The van der Waals surface area contributed by atoms with Crippen LogP contribution in [0.15, 0.2) is 42.7 Å². The van der Waals surface area contributed by atoms with Crippen LogP contribution in [0.25, 0.3) is 11.0 Å². The number of carbonyl (C=O) groups is 1. The van der Waals surface area contributed by atoms with Crippen molar-refractivity contribution in [3.8, 4) is 5.75 Å². The number of nitrogens with zero attached hydrogens (tertiary/aromatic N) is 2. The Morgan fingerprint density at radius 3 is 2.74 bits per heavy atom. The molecule has 1 amide bonds. The molecule has 1 aliphatic heterocycles. The van der Waals surface area contributed by atoms with E-state index in [4.69, 9.17) is 0 Å². The molecule has 140 valence electrons. The second-order valence-electron chi connectivity index (χ2n) is 7.64. The molecule has 0 atom stereocenters. The van der Waals surface area contributed by atoms with Crippen molar-refractivity contribution in [2.75, 3.05) is 13.1 Å². The van der Waals surface area contributed by atoms with Crippen molar-refractivity contribution in [3.63, 3.8) is 0 Å². The van der Waals surface area contributed by atoms with Crippen molar-refractivity contribution in [2.24, 2.45) is 0 Å². The van der Waals surface area contributed by atoms with E-state index in [0.29, 0.717) is 30.5 Å².